The first-order chi connectivity index (χ1) is 11.6. The lowest BCUT2D eigenvalue weighted by atomic mass is 10.2. The van der Waals surface area contributed by atoms with Crippen molar-refractivity contribution in [3.8, 4) is 11.6 Å². The minimum absolute atomic E-state index is 0.0942. The van der Waals surface area contributed by atoms with E-state index in [0.717, 1.165) is 11.4 Å². The fourth-order valence-corrected chi connectivity index (χ4v) is 2.49. The number of benzene rings is 2. The number of nitrogens with zero attached hydrogens (tertiary/aromatic N) is 2. The van der Waals surface area contributed by atoms with Crippen LogP contribution < -0.4 is 10.1 Å². The standard InChI is InChI=1S/C16H13ClN4O2S/c1-23-11-5-3-10(4-6-11)18-16(24)21-20-14-12-8-9(17)2-7-13(12)19-15(14)22/h2-8,19,22H,1H3,(H,18,24). The summed E-state index contributed by atoms with van der Waals surface area (Å²) in [6.07, 6.45) is 0. The molecule has 0 saturated carbocycles. The monoisotopic (exact) mass is 360 g/mol. The van der Waals surface area contributed by atoms with Gasteiger partial charge >= 0.3 is 0 Å². The molecule has 1 aromatic heterocycles. The summed E-state index contributed by atoms with van der Waals surface area (Å²) in [7, 11) is 1.60. The molecule has 8 heteroatoms. The zero-order chi connectivity index (χ0) is 17.1. The van der Waals surface area contributed by atoms with Crippen LogP contribution in [0.15, 0.2) is 52.7 Å². The maximum Gasteiger partial charge on any atom is 0.218 e. The summed E-state index contributed by atoms with van der Waals surface area (Å²) in [4.78, 5) is 2.81. The van der Waals surface area contributed by atoms with Crippen molar-refractivity contribution < 1.29 is 9.84 Å². The summed E-state index contributed by atoms with van der Waals surface area (Å²) < 4.78 is 5.09. The van der Waals surface area contributed by atoms with Crippen molar-refractivity contribution in [1.29, 1.82) is 0 Å². The number of nitrogens with one attached hydrogen (secondary N) is 2. The normalized spacial score (nSPS) is 11.1. The number of hydrogen-bond donors (Lipinski definition) is 3. The second-order valence-corrected chi connectivity index (χ2v) is 5.69. The second kappa shape index (κ2) is 6.86. The van der Waals surface area contributed by atoms with Crippen LogP contribution in [0.1, 0.15) is 0 Å². The summed E-state index contributed by atoms with van der Waals surface area (Å²) in [5.74, 6) is 0.650. The van der Waals surface area contributed by atoms with Gasteiger partial charge in [0, 0.05) is 16.1 Å². The van der Waals surface area contributed by atoms with Crippen LogP contribution in [0.3, 0.4) is 0 Å². The predicted octanol–water partition coefficient (Wildman–Crippen LogP) is 5.02. The smallest absolute Gasteiger partial charge is 0.218 e. The molecular weight excluding hydrogens is 348 g/mol. The lowest BCUT2D eigenvalue weighted by Crippen LogP contribution is -2.04. The number of aromatic amines is 1. The Hall–Kier alpha value is -2.64. The lowest BCUT2D eigenvalue weighted by Gasteiger charge is -2.04. The number of hydrogen-bond acceptors (Lipinski definition) is 4. The van der Waals surface area contributed by atoms with Crippen molar-refractivity contribution in [2.24, 2.45) is 10.2 Å². The van der Waals surface area contributed by atoms with Crippen LogP contribution in [0, 0.1) is 0 Å². The first-order valence-electron chi connectivity index (χ1n) is 6.94. The molecule has 3 N–H and O–H groups in total. The van der Waals surface area contributed by atoms with Crippen LogP contribution in [0.2, 0.25) is 5.02 Å². The van der Waals surface area contributed by atoms with E-state index in [4.69, 9.17) is 28.6 Å². The number of rotatable bonds is 3. The molecule has 0 aliphatic rings. The van der Waals surface area contributed by atoms with Gasteiger partial charge < -0.3 is 20.1 Å². The van der Waals surface area contributed by atoms with E-state index in [-0.39, 0.29) is 16.7 Å². The van der Waals surface area contributed by atoms with Crippen molar-refractivity contribution >= 4 is 51.2 Å². The third kappa shape index (κ3) is 3.47. The molecule has 3 aromatic rings. The molecular formula is C16H13ClN4O2S. The average Bonchev–Trinajstić information content (AvgIpc) is 2.88. The molecule has 0 aliphatic carbocycles. The highest BCUT2D eigenvalue weighted by molar-refractivity contribution is 7.80. The Bertz CT molecular complexity index is 922. The van der Waals surface area contributed by atoms with Crippen molar-refractivity contribution in [2.45, 2.75) is 0 Å². The van der Waals surface area contributed by atoms with E-state index in [2.05, 4.69) is 20.5 Å². The predicted molar refractivity (Wildman–Crippen MR) is 98.7 cm³/mol. The van der Waals surface area contributed by atoms with E-state index < -0.39 is 0 Å². The van der Waals surface area contributed by atoms with Gasteiger partial charge in [-0.15, -0.1) is 10.2 Å². The molecule has 0 saturated heterocycles. The summed E-state index contributed by atoms with van der Waals surface area (Å²) in [6.45, 7) is 0. The van der Waals surface area contributed by atoms with E-state index in [1.807, 2.05) is 12.1 Å². The van der Waals surface area contributed by atoms with Gasteiger partial charge in [0.2, 0.25) is 11.0 Å². The van der Waals surface area contributed by atoms with Gasteiger partial charge in [-0.1, -0.05) is 11.6 Å². The molecule has 0 spiro atoms. The van der Waals surface area contributed by atoms with Crippen molar-refractivity contribution in [2.75, 3.05) is 12.4 Å². The molecule has 0 bridgehead atoms. The molecule has 2 aromatic carbocycles. The highest BCUT2D eigenvalue weighted by Gasteiger charge is 2.11. The van der Waals surface area contributed by atoms with Crippen LogP contribution in [-0.2, 0) is 0 Å². The van der Waals surface area contributed by atoms with Crippen LogP contribution in [0.25, 0.3) is 10.9 Å². The van der Waals surface area contributed by atoms with Crippen LogP contribution >= 0.6 is 23.8 Å². The number of azo groups is 1. The summed E-state index contributed by atoms with van der Waals surface area (Å²) in [5, 5.41) is 22.2. The highest BCUT2D eigenvalue weighted by atomic mass is 35.5. The van der Waals surface area contributed by atoms with Gasteiger partial charge in [-0.2, -0.15) is 0 Å². The van der Waals surface area contributed by atoms with E-state index >= 15 is 0 Å². The molecule has 1 heterocycles. The minimum atomic E-state index is -0.0942. The molecule has 0 amide bonds. The second-order valence-electron chi connectivity index (χ2n) is 4.87. The maximum absolute atomic E-state index is 9.96. The topological polar surface area (TPSA) is 82.0 Å². The van der Waals surface area contributed by atoms with Crippen molar-refractivity contribution in [3.63, 3.8) is 0 Å². The molecule has 0 aliphatic heterocycles. The third-order valence-electron chi connectivity index (χ3n) is 3.30. The minimum Gasteiger partial charge on any atom is -0.497 e. The largest absolute Gasteiger partial charge is 0.497 e. The third-order valence-corrected chi connectivity index (χ3v) is 3.72. The Morgan fingerprint density at radius 1 is 1.25 bits per heavy atom. The molecule has 24 heavy (non-hydrogen) atoms. The number of aromatic nitrogens is 1. The van der Waals surface area contributed by atoms with Gasteiger partial charge in [0.1, 0.15) is 5.75 Å². The molecule has 6 nitrogen and oxygen atoms in total. The van der Waals surface area contributed by atoms with Gasteiger partial charge in [0.25, 0.3) is 0 Å². The molecule has 0 fully saturated rings. The average molecular weight is 361 g/mol. The summed E-state index contributed by atoms with van der Waals surface area (Å²) in [6, 6.07) is 12.4. The molecule has 0 unspecified atom stereocenters. The van der Waals surface area contributed by atoms with Gasteiger partial charge in [-0.05, 0) is 54.7 Å². The Labute approximate surface area is 148 Å². The fourth-order valence-electron chi connectivity index (χ4n) is 2.16. The Kier molecular flexibility index (Phi) is 4.64. The first-order valence-corrected chi connectivity index (χ1v) is 7.72. The molecule has 0 radical (unpaired) electrons. The zero-order valence-electron chi connectivity index (χ0n) is 12.6. The van der Waals surface area contributed by atoms with Gasteiger partial charge in [-0.3, -0.25) is 0 Å². The highest BCUT2D eigenvalue weighted by Crippen LogP contribution is 2.36. The number of aromatic hydroxyl groups is 1. The Balaban J connectivity index is 1.78. The van der Waals surface area contributed by atoms with Gasteiger partial charge in [-0.25, -0.2) is 0 Å². The molecule has 0 atom stereocenters. The zero-order valence-corrected chi connectivity index (χ0v) is 14.1. The SMILES string of the molecule is COc1ccc(NC(=S)N=Nc2c(O)[nH]c3ccc(Cl)cc23)cc1. The fraction of sp³-hybridized carbons (Fsp3) is 0.0625. The number of fused-ring (bicyclic) bond motifs is 1. The summed E-state index contributed by atoms with van der Waals surface area (Å²) >= 11 is 11.1. The lowest BCUT2D eigenvalue weighted by molar-refractivity contribution is 0.415. The van der Waals surface area contributed by atoms with Gasteiger partial charge in [0.15, 0.2) is 5.69 Å². The van der Waals surface area contributed by atoms with Crippen LogP contribution in [0.5, 0.6) is 11.6 Å². The van der Waals surface area contributed by atoms with Crippen LogP contribution in [0.4, 0.5) is 11.4 Å². The molecule has 3 rings (SSSR count). The Morgan fingerprint density at radius 3 is 2.71 bits per heavy atom. The number of H-pyrrole nitrogens is 1. The van der Waals surface area contributed by atoms with Crippen molar-refractivity contribution in [3.05, 3.63) is 47.5 Å². The summed E-state index contributed by atoms with van der Waals surface area (Å²) in [5.41, 5.74) is 1.75. The number of anilines is 1. The quantitative estimate of drug-likeness (QED) is 0.452. The number of halogens is 1. The molecule has 122 valence electrons. The number of thiocarbonyl (C=S) groups is 1. The number of ether oxygens (including phenoxy) is 1. The number of methoxy groups -OCH3 is 1. The van der Waals surface area contributed by atoms with E-state index in [9.17, 15) is 5.11 Å². The van der Waals surface area contributed by atoms with Crippen LogP contribution in [-0.4, -0.2) is 22.3 Å². The Morgan fingerprint density at radius 2 is 2.00 bits per heavy atom. The maximum atomic E-state index is 9.96. The van der Waals surface area contributed by atoms with E-state index in [0.29, 0.717) is 15.9 Å². The van der Waals surface area contributed by atoms with Crippen molar-refractivity contribution in [1.82, 2.24) is 4.98 Å². The van der Waals surface area contributed by atoms with Gasteiger partial charge in [0.05, 0.1) is 12.6 Å². The van der Waals surface area contributed by atoms with E-state index in [1.54, 1.807) is 37.4 Å². The first kappa shape index (κ1) is 16.2. The van der Waals surface area contributed by atoms with E-state index in [1.165, 1.54) is 0 Å².